The van der Waals surface area contributed by atoms with Crippen LogP contribution in [0.4, 0.5) is 0 Å². The van der Waals surface area contributed by atoms with Crippen molar-refractivity contribution in [1.29, 1.82) is 0 Å². The average molecular weight is 179 g/mol. The fourth-order valence-corrected chi connectivity index (χ4v) is 2.23. The molecule has 1 fully saturated rings. The Morgan fingerprint density at radius 3 is 3.00 bits per heavy atom. The summed E-state index contributed by atoms with van der Waals surface area (Å²) < 4.78 is 5.13. The maximum absolute atomic E-state index is 5.13. The predicted octanol–water partition coefficient (Wildman–Crippen LogP) is 2.82. The molecule has 1 saturated heterocycles. The molecule has 72 valence electrons. The molecule has 2 rings (SSSR count). The lowest BCUT2D eigenvalue weighted by atomic mass is 10.1. The number of hydrogen-bond donors (Lipinski definition) is 0. The lowest BCUT2D eigenvalue weighted by Crippen LogP contribution is -2.29. The molecule has 1 aromatic heterocycles. The van der Waals surface area contributed by atoms with Crippen LogP contribution in [-0.2, 0) is 0 Å². The first-order chi connectivity index (χ1) is 6.29. The van der Waals surface area contributed by atoms with Gasteiger partial charge in [0.05, 0.1) is 12.5 Å². The van der Waals surface area contributed by atoms with E-state index in [9.17, 15) is 0 Å². The molecule has 1 aromatic rings. The molecular formula is C11H17NO. The van der Waals surface area contributed by atoms with E-state index in [1.165, 1.54) is 24.9 Å². The number of hydrogen-bond acceptors (Lipinski definition) is 2. The minimum absolute atomic E-state index is 0.596. The maximum atomic E-state index is 5.13. The quantitative estimate of drug-likeness (QED) is 0.694. The lowest BCUT2D eigenvalue weighted by molar-refractivity contribution is 0.205. The number of rotatable bonds is 2. The molecule has 1 atom stereocenters. The second kappa shape index (κ2) is 3.54. The van der Waals surface area contributed by atoms with Gasteiger partial charge in [-0.1, -0.05) is 0 Å². The molecule has 0 radical (unpaired) electrons. The largest absolute Gasteiger partial charge is 0.472 e. The van der Waals surface area contributed by atoms with Gasteiger partial charge in [0.15, 0.2) is 0 Å². The van der Waals surface area contributed by atoms with E-state index in [2.05, 4.69) is 24.8 Å². The lowest BCUT2D eigenvalue weighted by Gasteiger charge is -2.27. The number of likely N-dealkylation sites (tertiary alicyclic amines) is 1. The van der Waals surface area contributed by atoms with Gasteiger partial charge in [-0.15, -0.1) is 0 Å². The Hall–Kier alpha value is -0.760. The molecule has 2 nitrogen and oxygen atoms in total. The van der Waals surface area contributed by atoms with Gasteiger partial charge in [0.25, 0.3) is 0 Å². The van der Waals surface area contributed by atoms with Crippen molar-refractivity contribution in [3.8, 4) is 0 Å². The van der Waals surface area contributed by atoms with Gasteiger partial charge in [-0.25, -0.2) is 0 Å². The molecule has 0 bridgehead atoms. The van der Waals surface area contributed by atoms with Crippen LogP contribution < -0.4 is 0 Å². The summed E-state index contributed by atoms with van der Waals surface area (Å²) in [4.78, 5) is 2.55. The Labute approximate surface area is 79.5 Å². The Morgan fingerprint density at radius 2 is 2.38 bits per heavy atom. The molecule has 0 aromatic carbocycles. The molecule has 0 saturated carbocycles. The molecule has 1 aliphatic heterocycles. The summed E-state index contributed by atoms with van der Waals surface area (Å²) in [5, 5.41) is 0. The first-order valence-electron chi connectivity index (χ1n) is 5.07. The molecule has 0 aliphatic carbocycles. The van der Waals surface area contributed by atoms with Crippen LogP contribution in [0.1, 0.15) is 38.3 Å². The van der Waals surface area contributed by atoms with Crippen molar-refractivity contribution in [2.45, 2.75) is 38.8 Å². The fraction of sp³-hybridized carbons (Fsp3) is 0.636. The van der Waals surface area contributed by atoms with Gasteiger partial charge < -0.3 is 4.42 Å². The van der Waals surface area contributed by atoms with E-state index in [0.717, 1.165) is 0 Å². The van der Waals surface area contributed by atoms with Crippen LogP contribution in [0.5, 0.6) is 0 Å². The van der Waals surface area contributed by atoms with Crippen LogP contribution in [0.3, 0.4) is 0 Å². The van der Waals surface area contributed by atoms with E-state index in [4.69, 9.17) is 4.42 Å². The minimum atomic E-state index is 0.596. The molecule has 0 spiro atoms. The second-order valence-corrected chi connectivity index (χ2v) is 4.05. The summed E-state index contributed by atoms with van der Waals surface area (Å²) >= 11 is 0. The third kappa shape index (κ3) is 1.63. The van der Waals surface area contributed by atoms with Gasteiger partial charge in [0.1, 0.15) is 0 Å². The first-order valence-corrected chi connectivity index (χ1v) is 5.07. The van der Waals surface area contributed by atoms with Crippen LogP contribution in [0.25, 0.3) is 0 Å². The topological polar surface area (TPSA) is 16.4 Å². The van der Waals surface area contributed by atoms with Crippen LogP contribution in [0, 0.1) is 0 Å². The normalized spacial score (nSPS) is 24.4. The summed E-state index contributed by atoms with van der Waals surface area (Å²) in [5.41, 5.74) is 1.34. The van der Waals surface area contributed by atoms with Gasteiger partial charge in [0.2, 0.25) is 0 Å². The van der Waals surface area contributed by atoms with Crippen LogP contribution in [0.2, 0.25) is 0 Å². The zero-order chi connectivity index (χ0) is 9.26. The molecule has 13 heavy (non-hydrogen) atoms. The summed E-state index contributed by atoms with van der Waals surface area (Å²) in [6, 6.07) is 3.33. The Morgan fingerprint density at radius 1 is 1.54 bits per heavy atom. The van der Waals surface area contributed by atoms with E-state index in [1.807, 2.05) is 6.26 Å². The summed E-state index contributed by atoms with van der Waals surface area (Å²) in [6.45, 7) is 5.75. The Kier molecular flexibility index (Phi) is 2.40. The van der Waals surface area contributed by atoms with E-state index < -0.39 is 0 Å². The monoisotopic (exact) mass is 179 g/mol. The van der Waals surface area contributed by atoms with Crippen LogP contribution in [0.15, 0.2) is 23.0 Å². The molecule has 2 heteroatoms. The fourth-order valence-electron chi connectivity index (χ4n) is 2.23. The standard InChI is InChI=1S/C11H17NO/c1-9(2)12-6-3-4-11(12)10-5-7-13-8-10/h5,7-9,11H,3-4,6H2,1-2H3. The Bertz CT molecular complexity index is 253. The second-order valence-electron chi connectivity index (χ2n) is 4.05. The molecular weight excluding hydrogens is 162 g/mol. The van der Waals surface area contributed by atoms with Gasteiger partial charge in [0, 0.05) is 17.6 Å². The smallest absolute Gasteiger partial charge is 0.0950 e. The zero-order valence-electron chi connectivity index (χ0n) is 8.36. The van der Waals surface area contributed by atoms with Crippen molar-refractivity contribution in [1.82, 2.24) is 4.90 Å². The highest BCUT2D eigenvalue weighted by Gasteiger charge is 2.28. The van der Waals surface area contributed by atoms with E-state index in [0.29, 0.717) is 12.1 Å². The highest BCUT2D eigenvalue weighted by molar-refractivity contribution is 5.13. The Balaban J connectivity index is 2.14. The van der Waals surface area contributed by atoms with Gasteiger partial charge >= 0.3 is 0 Å². The number of nitrogens with zero attached hydrogens (tertiary/aromatic N) is 1. The summed E-state index contributed by atoms with van der Waals surface area (Å²) in [7, 11) is 0. The number of furan rings is 1. The van der Waals surface area contributed by atoms with Crippen LogP contribution in [-0.4, -0.2) is 17.5 Å². The zero-order valence-corrected chi connectivity index (χ0v) is 8.36. The van der Waals surface area contributed by atoms with Gasteiger partial charge in [-0.3, -0.25) is 4.90 Å². The maximum Gasteiger partial charge on any atom is 0.0950 e. The first kappa shape index (κ1) is 8.82. The SMILES string of the molecule is CC(C)N1CCCC1c1ccoc1. The van der Waals surface area contributed by atoms with Crippen molar-refractivity contribution in [3.05, 3.63) is 24.2 Å². The molecule has 2 heterocycles. The highest BCUT2D eigenvalue weighted by Crippen LogP contribution is 2.33. The van der Waals surface area contributed by atoms with Gasteiger partial charge in [-0.2, -0.15) is 0 Å². The third-order valence-corrected chi connectivity index (χ3v) is 2.89. The van der Waals surface area contributed by atoms with Crippen molar-refractivity contribution in [2.24, 2.45) is 0 Å². The van der Waals surface area contributed by atoms with E-state index in [-0.39, 0.29) is 0 Å². The minimum Gasteiger partial charge on any atom is -0.472 e. The van der Waals surface area contributed by atoms with Crippen molar-refractivity contribution in [3.63, 3.8) is 0 Å². The molecule has 1 aliphatic rings. The van der Waals surface area contributed by atoms with E-state index >= 15 is 0 Å². The van der Waals surface area contributed by atoms with Crippen molar-refractivity contribution in [2.75, 3.05) is 6.54 Å². The van der Waals surface area contributed by atoms with Crippen molar-refractivity contribution < 1.29 is 4.42 Å². The molecule has 0 N–H and O–H groups in total. The molecule has 1 unspecified atom stereocenters. The predicted molar refractivity (Wildman–Crippen MR) is 52.5 cm³/mol. The average Bonchev–Trinajstić information content (AvgIpc) is 2.74. The summed E-state index contributed by atoms with van der Waals surface area (Å²) in [5.74, 6) is 0. The highest BCUT2D eigenvalue weighted by atomic mass is 16.3. The van der Waals surface area contributed by atoms with E-state index in [1.54, 1.807) is 6.26 Å². The van der Waals surface area contributed by atoms with Crippen LogP contribution >= 0.6 is 0 Å². The molecule has 0 amide bonds. The third-order valence-electron chi connectivity index (χ3n) is 2.89. The van der Waals surface area contributed by atoms with Gasteiger partial charge in [-0.05, 0) is 39.3 Å². The summed E-state index contributed by atoms with van der Waals surface area (Å²) in [6.07, 6.45) is 6.24. The van der Waals surface area contributed by atoms with Crippen molar-refractivity contribution >= 4 is 0 Å².